The molecule has 4 heteroatoms. The molecule has 1 saturated heterocycles. The number of hydrogen-bond donors (Lipinski definition) is 0. The predicted octanol–water partition coefficient (Wildman–Crippen LogP) is 2.84. The van der Waals surface area contributed by atoms with Gasteiger partial charge >= 0.3 is 0 Å². The number of rotatable bonds is 0. The molecular formula is C17H23NO3. The maximum Gasteiger partial charge on any atom is 0.178 e. The molecule has 1 spiro atoms. The molecule has 3 atom stereocenters. The predicted molar refractivity (Wildman–Crippen MR) is 77.1 cm³/mol. The van der Waals surface area contributed by atoms with Gasteiger partial charge < -0.3 is 9.47 Å². The maximum absolute atomic E-state index is 12.6. The zero-order chi connectivity index (χ0) is 15.5. The number of nitrogens with zero attached hydrogens (tertiary/aromatic N) is 1. The lowest BCUT2D eigenvalue weighted by Crippen LogP contribution is -2.59. The Bertz CT molecular complexity index is 551. The van der Waals surface area contributed by atoms with Crippen LogP contribution in [-0.2, 0) is 14.3 Å². The van der Waals surface area contributed by atoms with Gasteiger partial charge in [0.15, 0.2) is 11.6 Å². The molecule has 2 fully saturated rings. The van der Waals surface area contributed by atoms with Gasteiger partial charge in [0.1, 0.15) is 5.92 Å². The lowest BCUT2D eigenvalue weighted by Gasteiger charge is -2.56. The van der Waals surface area contributed by atoms with Crippen molar-refractivity contribution in [2.45, 2.75) is 46.3 Å². The van der Waals surface area contributed by atoms with E-state index in [1.807, 2.05) is 13.8 Å². The second kappa shape index (κ2) is 4.41. The molecule has 0 aromatic rings. The van der Waals surface area contributed by atoms with Crippen molar-refractivity contribution in [3.8, 4) is 6.07 Å². The summed E-state index contributed by atoms with van der Waals surface area (Å²) in [5, 5.41) is 9.41. The Morgan fingerprint density at radius 1 is 1.24 bits per heavy atom. The van der Waals surface area contributed by atoms with E-state index in [9.17, 15) is 10.1 Å². The van der Waals surface area contributed by atoms with E-state index in [0.717, 1.165) is 12.0 Å². The van der Waals surface area contributed by atoms with Gasteiger partial charge in [0.25, 0.3) is 0 Å². The molecule has 0 N–H and O–H groups in total. The molecule has 1 unspecified atom stereocenters. The molecule has 1 saturated carbocycles. The largest absolute Gasteiger partial charge is 0.347 e. The second-order valence-corrected chi connectivity index (χ2v) is 7.42. The molecule has 3 aliphatic rings. The second-order valence-electron chi connectivity index (χ2n) is 7.42. The Labute approximate surface area is 126 Å². The van der Waals surface area contributed by atoms with Gasteiger partial charge in [-0.1, -0.05) is 19.9 Å². The zero-order valence-electron chi connectivity index (χ0n) is 13.2. The highest BCUT2D eigenvalue weighted by Crippen LogP contribution is 2.62. The van der Waals surface area contributed by atoms with Gasteiger partial charge in [-0.15, -0.1) is 0 Å². The summed E-state index contributed by atoms with van der Waals surface area (Å²) in [6.07, 6.45) is 3.49. The van der Waals surface area contributed by atoms with E-state index in [0.29, 0.717) is 25.6 Å². The van der Waals surface area contributed by atoms with Crippen molar-refractivity contribution in [2.24, 2.45) is 22.7 Å². The molecule has 21 heavy (non-hydrogen) atoms. The van der Waals surface area contributed by atoms with Crippen molar-refractivity contribution < 1.29 is 14.3 Å². The highest BCUT2D eigenvalue weighted by molar-refractivity contribution is 5.93. The normalized spacial score (nSPS) is 40.5. The molecule has 0 bridgehead atoms. The monoisotopic (exact) mass is 289 g/mol. The van der Waals surface area contributed by atoms with Crippen LogP contribution in [0.1, 0.15) is 40.5 Å². The van der Waals surface area contributed by atoms with Crippen LogP contribution in [0.3, 0.4) is 0 Å². The van der Waals surface area contributed by atoms with Crippen LogP contribution in [0.2, 0.25) is 0 Å². The topological polar surface area (TPSA) is 59.3 Å². The minimum absolute atomic E-state index is 0.0240. The van der Waals surface area contributed by atoms with Crippen molar-refractivity contribution in [1.29, 1.82) is 5.26 Å². The first-order valence-electron chi connectivity index (χ1n) is 7.71. The number of nitriles is 1. The van der Waals surface area contributed by atoms with Gasteiger partial charge in [0, 0.05) is 17.3 Å². The standard InChI is InChI=1S/C17H23NO3/c1-11-7-13-15(2,3)14(19)12(10-18)9-16(13,4)17(8-11)20-5-6-21-17/h7,11-12H,5-6,8-9H2,1-4H3/t11-,12?,16+/m1/s1. The average molecular weight is 289 g/mol. The SMILES string of the molecule is C[C@@H]1C=C2C(C)(C)C(=O)C(C#N)C[C@]2(C)C2(C1)OCCO2. The molecule has 0 aromatic heterocycles. The van der Waals surface area contributed by atoms with Crippen LogP contribution < -0.4 is 0 Å². The third-order valence-electron chi connectivity index (χ3n) is 5.60. The summed E-state index contributed by atoms with van der Waals surface area (Å²) in [5.74, 6) is -0.933. The van der Waals surface area contributed by atoms with E-state index < -0.39 is 22.5 Å². The minimum atomic E-state index is -0.677. The van der Waals surface area contributed by atoms with Crippen molar-refractivity contribution in [3.05, 3.63) is 11.6 Å². The summed E-state index contributed by atoms with van der Waals surface area (Å²) in [6, 6.07) is 2.20. The Kier molecular flexibility index (Phi) is 3.10. The fraction of sp³-hybridized carbons (Fsp3) is 0.765. The molecular weight excluding hydrogens is 266 g/mol. The van der Waals surface area contributed by atoms with Crippen molar-refractivity contribution >= 4 is 5.78 Å². The van der Waals surface area contributed by atoms with Crippen LogP contribution in [0.5, 0.6) is 0 Å². The van der Waals surface area contributed by atoms with E-state index in [1.54, 1.807) is 0 Å². The van der Waals surface area contributed by atoms with Crippen LogP contribution in [0.15, 0.2) is 11.6 Å². The number of ether oxygens (including phenoxy) is 2. The zero-order valence-corrected chi connectivity index (χ0v) is 13.2. The summed E-state index contributed by atoms with van der Waals surface area (Å²) in [4.78, 5) is 12.6. The van der Waals surface area contributed by atoms with E-state index in [4.69, 9.17) is 9.47 Å². The third kappa shape index (κ3) is 1.77. The molecule has 0 amide bonds. The number of carbonyl (C=O) groups excluding carboxylic acids is 1. The highest BCUT2D eigenvalue weighted by Gasteiger charge is 2.64. The number of hydrogen-bond acceptors (Lipinski definition) is 4. The van der Waals surface area contributed by atoms with Gasteiger partial charge in [-0.05, 0) is 31.8 Å². The molecule has 0 aromatic carbocycles. The van der Waals surface area contributed by atoms with Gasteiger partial charge in [-0.25, -0.2) is 0 Å². The molecule has 1 aliphatic heterocycles. The summed E-state index contributed by atoms with van der Waals surface area (Å²) in [7, 11) is 0. The first-order chi connectivity index (χ1) is 9.77. The van der Waals surface area contributed by atoms with Crippen molar-refractivity contribution in [3.63, 3.8) is 0 Å². The fourth-order valence-corrected chi connectivity index (χ4v) is 4.61. The van der Waals surface area contributed by atoms with Gasteiger partial charge in [0.2, 0.25) is 0 Å². The van der Waals surface area contributed by atoms with E-state index in [1.165, 1.54) is 0 Å². The quantitative estimate of drug-likeness (QED) is 0.643. The van der Waals surface area contributed by atoms with Crippen LogP contribution in [0, 0.1) is 34.0 Å². The van der Waals surface area contributed by atoms with E-state index in [2.05, 4.69) is 26.0 Å². The number of Topliss-reactive ketones (excluding diaryl/α,β-unsaturated/α-hetero) is 1. The Balaban J connectivity index is 2.18. The number of allylic oxidation sites excluding steroid dienone is 1. The van der Waals surface area contributed by atoms with Crippen LogP contribution in [-0.4, -0.2) is 24.8 Å². The average Bonchev–Trinajstić information content (AvgIpc) is 2.88. The summed E-state index contributed by atoms with van der Waals surface area (Å²) in [5.41, 5.74) is 0.0465. The van der Waals surface area contributed by atoms with Crippen molar-refractivity contribution in [1.82, 2.24) is 0 Å². The summed E-state index contributed by atoms with van der Waals surface area (Å²) >= 11 is 0. The van der Waals surface area contributed by atoms with E-state index in [-0.39, 0.29) is 5.78 Å². The van der Waals surface area contributed by atoms with Gasteiger partial charge in [-0.3, -0.25) is 4.79 Å². The Hall–Kier alpha value is -1.18. The number of fused-ring (bicyclic) bond motifs is 2. The minimum Gasteiger partial charge on any atom is -0.347 e. The van der Waals surface area contributed by atoms with Crippen LogP contribution in [0.4, 0.5) is 0 Å². The van der Waals surface area contributed by atoms with Crippen molar-refractivity contribution in [2.75, 3.05) is 13.2 Å². The lowest BCUT2D eigenvalue weighted by atomic mass is 9.51. The van der Waals surface area contributed by atoms with Crippen LogP contribution in [0.25, 0.3) is 0 Å². The smallest absolute Gasteiger partial charge is 0.178 e. The number of carbonyl (C=O) groups is 1. The molecule has 3 rings (SSSR count). The third-order valence-corrected chi connectivity index (χ3v) is 5.60. The summed E-state index contributed by atoms with van der Waals surface area (Å²) < 4.78 is 12.1. The molecule has 1 heterocycles. The molecule has 0 radical (unpaired) electrons. The first kappa shape index (κ1) is 14.7. The highest BCUT2D eigenvalue weighted by atomic mass is 16.7. The lowest BCUT2D eigenvalue weighted by molar-refractivity contribution is -0.244. The fourth-order valence-electron chi connectivity index (χ4n) is 4.61. The van der Waals surface area contributed by atoms with Gasteiger partial charge in [0.05, 0.1) is 19.3 Å². The van der Waals surface area contributed by atoms with E-state index >= 15 is 0 Å². The molecule has 114 valence electrons. The number of ketones is 1. The maximum atomic E-state index is 12.6. The van der Waals surface area contributed by atoms with Crippen LogP contribution >= 0.6 is 0 Å². The Morgan fingerprint density at radius 3 is 2.43 bits per heavy atom. The molecule has 2 aliphatic carbocycles. The first-order valence-corrected chi connectivity index (χ1v) is 7.71. The molecule has 4 nitrogen and oxygen atoms in total. The summed E-state index contributed by atoms with van der Waals surface area (Å²) in [6.45, 7) is 9.28. The Morgan fingerprint density at radius 2 is 1.86 bits per heavy atom. The van der Waals surface area contributed by atoms with Gasteiger partial charge in [-0.2, -0.15) is 5.26 Å².